The Morgan fingerprint density at radius 2 is 0.550 bits per heavy atom. The van der Waals surface area contributed by atoms with Gasteiger partial charge in [-0.25, -0.2) is 0 Å². The summed E-state index contributed by atoms with van der Waals surface area (Å²) in [6.45, 7) is 27.8. The van der Waals surface area contributed by atoms with Gasteiger partial charge in [-0.2, -0.15) is 0 Å². The van der Waals surface area contributed by atoms with Crippen LogP contribution in [0.4, 0.5) is 0 Å². The number of aryl methyl sites for hydroxylation is 2. The van der Waals surface area contributed by atoms with Crippen LogP contribution in [0.5, 0.6) is 23.0 Å². The van der Waals surface area contributed by atoms with Gasteiger partial charge in [0, 0.05) is 89.7 Å². The molecule has 10 nitrogen and oxygen atoms in total. The van der Waals surface area contributed by atoms with Crippen molar-refractivity contribution < 1.29 is 47.4 Å². The summed E-state index contributed by atoms with van der Waals surface area (Å²) in [5.41, 5.74) is 18.7. The molecule has 0 fully saturated rings. The molecule has 0 N–H and O–H groups in total. The molecule has 0 aliphatic carbocycles. The second-order valence-electron chi connectivity index (χ2n) is 20.0. The van der Waals surface area contributed by atoms with Crippen molar-refractivity contribution in [3.05, 3.63) is 128 Å². The zero-order valence-electron chi connectivity index (χ0n) is 49.1. The summed E-state index contributed by atoms with van der Waals surface area (Å²) in [4.78, 5) is 10.3. The fourth-order valence-corrected chi connectivity index (χ4v) is 15.2. The molecule has 0 aliphatic heterocycles. The Balaban J connectivity index is 1.22. The minimum atomic E-state index is 0.366. The molecule has 426 valence electrons. The predicted molar refractivity (Wildman–Crippen MR) is 334 cm³/mol. The molecule has 4 aromatic heterocycles. The number of benzene rings is 4. The van der Waals surface area contributed by atoms with Gasteiger partial charge in [0.05, 0.1) is 52.9 Å². The molecule has 0 unspecified atom stereocenters. The van der Waals surface area contributed by atoms with Crippen molar-refractivity contribution in [2.24, 2.45) is 0 Å². The van der Waals surface area contributed by atoms with Gasteiger partial charge < -0.3 is 47.4 Å². The van der Waals surface area contributed by atoms with Gasteiger partial charge in [-0.1, -0.05) is 11.6 Å². The lowest BCUT2D eigenvalue weighted by molar-refractivity contribution is 0.0542. The lowest BCUT2D eigenvalue weighted by Gasteiger charge is -2.18. The van der Waals surface area contributed by atoms with E-state index in [2.05, 4.69) is 136 Å². The third-order valence-electron chi connectivity index (χ3n) is 14.8. The summed E-state index contributed by atoms with van der Waals surface area (Å²) in [6.07, 6.45) is 0. The molecular weight excluding hydrogens is 1080 g/mol. The molecule has 0 radical (unpaired) electrons. The lowest BCUT2D eigenvalue weighted by atomic mass is 9.96. The highest BCUT2D eigenvalue weighted by Crippen LogP contribution is 2.52. The molecule has 0 saturated heterocycles. The zero-order chi connectivity index (χ0) is 57.0. The van der Waals surface area contributed by atoms with E-state index in [0.717, 1.165) is 67.5 Å². The van der Waals surface area contributed by atoms with Crippen LogP contribution in [0.25, 0.3) is 73.1 Å². The second kappa shape index (κ2) is 28.6. The molecule has 0 atom stereocenters. The first kappa shape index (κ1) is 60.7. The van der Waals surface area contributed by atoms with Gasteiger partial charge in [-0.3, -0.25) is 0 Å². The maximum atomic E-state index is 6.69. The van der Waals surface area contributed by atoms with Crippen LogP contribution < -0.4 is 18.9 Å². The van der Waals surface area contributed by atoms with Gasteiger partial charge in [0.15, 0.2) is 0 Å². The van der Waals surface area contributed by atoms with E-state index in [1.165, 1.54) is 83.5 Å². The Bertz CT molecular complexity index is 3380. The fourth-order valence-electron chi connectivity index (χ4n) is 9.60. The first-order valence-corrected chi connectivity index (χ1v) is 30.5. The SMILES string of the molecule is COCCOCCOc1ccc(-c2sc(-c3sc(C)c(C)c3C)c(C)c2C)cc1-c1cc(-c2sc(-c3sc(-c4ccc(OCCOC)c(-c5cc(C)ccc5OCCOC)c4)c(C)c3C)c(C)c2C)ccc1OCCOCCOC. The number of hydrogen-bond donors (Lipinski definition) is 0. The highest BCUT2D eigenvalue weighted by Gasteiger charge is 2.26. The molecule has 4 aromatic carbocycles. The van der Waals surface area contributed by atoms with Gasteiger partial charge >= 0.3 is 0 Å². The summed E-state index contributed by atoms with van der Waals surface area (Å²) in [5.74, 6) is 3.05. The molecule has 8 rings (SSSR count). The van der Waals surface area contributed by atoms with Crippen molar-refractivity contribution in [2.45, 2.75) is 69.2 Å². The van der Waals surface area contributed by atoms with Gasteiger partial charge in [-0.15, -0.1) is 45.3 Å². The highest BCUT2D eigenvalue weighted by molar-refractivity contribution is 7.26. The largest absolute Gasteiger partial charge is 0.491 e. The monoisotopic (exact) mass is 1160 g/mol. The number of rotatable bonds is 29. The van der Waals surface area contributed by atoms with Crippen LogP contribution in [0.15, 0.2) is 72.8 Å². The van der Waals surface area contributed by atoms with E-state index in [9.17, 15) is 0 Å². The van der Waals surface area contributed by atoms with Crippen molar-refractivity contribution in [1.29, 1.82) is 0 Å². The van der Waals surface area contributed by atoms with Gasteiger partial charge in [0.2, 0.25) is 0 Å². The van der Waals surface area contributed by atoms with Crippen LogP contribution in [0, 0.1) is 69.2 Å². The Morgan fingerprint density at radius 1 is 0.275 bits per heavy atom. The first-order valence-electron chi connectivity index (χ1n) is 27.2. The Hall–Kier alpha value is -5.36. The van der Waals surface area contributed by atoms with E-state index in [4.69, 9.17) is 47.4 Å². The molecule has 14 heteroatoms. The van der Waals surface area contributed by atoms with E-state index in [1.54, 1.807) is 28.4 Å². The van der Waals surface area contributed by atoms with Crippen molar-refractivity contribution in [3.8, 4) is 96.1 Å². The van der Waals surface area contributed by atoms with Gasteiger partial charge in [0.25, 0.3) is 0 Å². The van der Waals surface area contributed by atoms with Crippen LogP contribution in [0.3, 0.4) is 0 Å². The molecule has 0 amide bonds. The van der Waals surface area contributed by atoms with Crippen LogP contribution in [0.2, 0.25) is 0 Å². The average Bonchev–Trinajstić information content (AvgIpc) is 4.18. The molecule has 0 spiro atoms. The average molecular weight is 1160 g/mol. The first-order chi connectivity index (χ1) is 38.7. The number of methoxy groups -OCH3 is 4. The maximum absolute atomic E-state index is 6.69. The standard InChI is InChI=1S/C66H78O10S4/c1-39-15-19-56(73-31-25-69-13)52(35-39)53-36-49(16-20-57(53)74-32-26-70-14)61-43(5)46(8)65(79-61)66-47(9)44(6)62(80-66)51-18-22-59(76-34-30-72-28-24-68-12)55(38-51)54-37-50(17-21-58(54)75-33-29-71-27-23-67-11)60-42(4)45(7)64(78-60)63-41(3)40(2)48(10)77-63/h15-22,35-38H,23-34H2,1-14H3. The highest BCUT2D eigenvalue weighted by atomic mass is 32.1. The summed E-state index contributed by atoms with van der Waals surface area (Å²) in [5, 5.41) is 0. The van der Waals surface area contributed by atoms with Crippen molar-refractivity contribution in [2.75, 3.05) is 108 Å². The third-order valence-corrected chi connectivity index (χ3v) is 20.8. The summed E-state index contributed by atoms with van der Waals surface area (Å²) < 4.78 is 59.1. The van der Waals surface area contributed by atoms with E-state index in [1.807, 2.05) is 51.4 Å². The number of ether oxygens (including phenoxy) is 10. The number of thiophene rings is 4. The molecule has 80 heavy (non-hydrogen) atoms. The van der Waals surface area contributed by atoms with Crippen LogP contribution in [-0.2, 0) is 28.4 Å². The minimum Gasteiger partial charge on any atom is -0.491 e. The van der Waals surface area contributed by atoms with Gasteiger partial charge in [-0.05, 0) is 197 Å². The smallest absolute Gasteiger partial charge is 0.127 e. The quantitative estimate of drug-likeness (QED) is 0.0422. The van der Waals surface area contributed by atoms with Crippen molar-refractivity contribution in [1.82, 2.24) is 0 Å². The van der Waals surface area contributed by atoms with E-state index < -0.39 is 0 Å². The topological polar surface area (TPSA) is 92.3 Å². The lowest BCUT2D eigenvalue weighted by Crippen LogP contribution is -2.11. The van der Waals surface area contributed by atoms with E-state index in [0.29, 0.717) is 79.3 Å². The molecule has 0 bridgehead atoms. The van der Waals surface area contributed by atoms with Crippen LogP contribution in [-0.4, -0.2) is 108 Å². The second-order valence-corrected chi connectivity index (χ2v) is 24.3. The third kappa shape index (κ3) is 13.8. The van der Waals surface area contributed by atoms with Crippen molar-refractivity contribution >= 4 is 45.3 Å². The van der Waals surface area contributed by atoms with Crippen molar-refractivity contribution in [3.63, 3.8) is 0 Å². The summed E-state index contributed by atoms with van der Waals surface area (Å²) in [7, 11) is 6.74. The van der Waals surface area contributed by atoms with E-state index in [-0.39, 0.29) is 0 Å². The van der Waals surface area contributed by atoms with Crippen LogP contribution in [0.1, 0.15) is 54.9 Å². The molecule has 0 aliphatic rings. The Labute approximate surface area is 490 Å². The molecule has 0 saturated carbocycles. The predicted octanol–water partition coefficient (Wildman–Crippen LogP) is 16.8. The molecular formula is C66H78O10S4. The maximum Gasteiger partial charge on any atom is 0.127 e. The molecule has 4 heterocycles. The zero-order valence-corrected chi connectivity index (χ0v) is 52.4. The molecule has 8 aromatic rings. The van der Waals surface area contributed by atoms with Crippen LogP contribution >= 0.6 is 45.3 Å². The van der Waals surface area contributed by atoms with Gasteiger partial charge in [0.1, 0.15) is 49.4 Å². The van der Waals surface area contributed by atoms with E-state index >= 15 is 0 Å². The number of hydrogen-bond acceptors (Lipinski definition) is 14. The summed E-state index contributed by atoms with van der Waals surface area (Å²) >= 11 is 7.46. The minimum absolute atomic E-state index is 0.366. The summed E-state index contributed by atoms with van der Waals surface area (Å²) in [6, 6.07) is 26.0. The fraction of sp³-hybridized carbons (Fsp3) is 0.394. The normalized spacial score (nSPS) is 11.5. The Morgan fingerprint density at radius 3 is 0.887 bits per heavy atom. The Kier molecular flexibility index (Phi) is 21.7.